The number of hydrogen-bond donors (Lipinski definition) is 2. The second-order valence-corrected chi connectivity index (χ2v) is 7.14. The van der Waals surface area contributed by atoms with Crippen LogP contribution < -0.4 is 10.6 Å². The minimum Gasteiger partial charge on any atom is -0.356 e. The molecule has 22 heavy (non-hydrogen) atoms. The summed E-state index contributed by atoms with van der Waals surface area (Å²) in [5, 5.41) is 9.14. The van der Waals surface area contributed by atoms with E-state index in [1.165, 1.54) is 11.4 Å². The van der Waals surface area contributed by atoms with E-state index in [1.807, 2.05) is 18.4 Å². The Bertz CT molecular complexity index is 447. The van der Waals surface area contributed by atoms with Crippen molar-refractivity contribution in [3.63, 3.8) is 0 Å². The van der Waals surface area contributed by atoms with Crippen LogP contribution in [0.1, 0.15) is 25.6 Å². The molecule has 0 aromatic carbocycles. The Hall–Kier alpha value is -0.340. The van der Waals surface area contributed by atoms with E-state index in [9.17, 15) is 0 Å². The lowest BCUT2D eigenvalue weighted by molar-refractivity contribution is 0.265. The normalized spacial score (nSPS) is 22.7. The van der Waals surface area contributed by atoms with Crippen molar-refractivity contribution in [2.24, 2.45) is 10.9 Å². The Morgan fingerprint density at radius 1 is 1.45 bits per heavy atom. The van der Waals surface area contributed by atoms with Crippen LogP contribution in [0.25, 0.3) is 0 Å². The molecular formula is C16H29IN4S. The minimum absolute atomic E-state index is 0. The van der Waals surface area contributed by atoms with Crippen LogP contribution in [0.3, 0.4) is 0 Å². The van der Waals surface area contributed by atoms with Crippen LogP contribution in [0, 0.1) is 5.92 Å². The van der Waals surface area contributed by atoms with Crippen molar-refractivity contribution in [3.8, 4) is 0 Å². The van der Waals surface area contributed by atoms with Gasteiger partial charge in [0.25, 0.3) is 0 Å². The summed E-state index contributed by atoms with van der Waals surface area (Å²) in [6.45, 7) is 10.0. The quantitative estimate of drug-likeness (QED) is 0.424. The van der Waals surface area contributed by atoms with Gasteiger partial charge in [-0.1, -0.05) is 13.0 Å². The predicted octanol–water partition coefficient (Wildman–Crippen LogP) is 2.80. The van der Waals surface area contributed by atoms with Crippen LogP contribution in [0.15, 0.2) is 22.5 Å². The number of nitrogens with one attached hydrogen (secondary N) is 2. The standard InChI is InChI=1S/C16H28N4S.HI/c1-12(2)20-10-13(3)15(11-20)19-16(17-4)18-8-7-14-6-5-9-21-14;/h5-6,9,12-13,15H,7-8,10-11H2,1-4H3,(H2,17,18,19);1H. The molecule has 2 unspecified atom stereocenters. The number of aliphatic imine (C=N–C) groups is 1. The van der Waals surface area contributed by atoms with Crippen molar-refractivity contribution in [1.29, 1.82) is 0 Å². The zero-order valence-corrected chi connectivity index (χ0v) is 17.2. The summed E-state index contributed by atoms with van der Waals surface area (Å²) in [6.07, 6.45) is 1.05. The molecule has 1 aliphatic rings. The smallest absolute Gasteiger partial charge is 0.191 e. The second-order valence-electron chi connectivity index (χ2n) is 6.10. The van der Waals surface area contributed by atoms with Gasteiger partial charge in [-0.2, -0.15) is 0 Å². The summed E-state index contributed by atoms with van der Waals surface area (Å²) >= 11 is 1.81. The fourth-order valence-electron chi connectivity index (χ4n) is 2.74. The largest absolute Gasteiger partial charge is 0.356 e. The van der Waals surface area contributed by atoms with Crippen LogP contribution in [0.4, 0.5) is 0 Å². The summed E-state index contributed by atoms with van der Waals surface area (Å²) in [6, 6.07) is 5.39. The van der Waals surface area contributed by atoms with E-state index in [0.29, 0.717) is 18.0 Å². The first kappa shape index (κ1) is 19.7. The monoisotopic (exact) mass is 436 g/mol. The molecule has 0 amide bonds. The van der Waals surface area contributed by atoms with Crippen molar-refractivity contribution in [2.45, 2.75) is 39.3 Å². The molecule has 6 heteroatoms. The Labute approximate surface area is 155 Å². The lowest BCUT2D eigenvalue weighted by atomic mass is 10.1. The van der Waals surface area contributed by atoms with Crippen molar-refractivity contribution in [2.75, 3.05) is 26.7 Å². The van der Waals surface area contributed by atoms with Crippen LogP contribution in [0.2, 0.25) is 0 Å². The number of thiophene rings is 1. The number of hydrogen-bond acceptors (Lipinski definition) is 3. The van der Waals surface area contributed by atoms with Gasteiger partial charge < -0.3 is 10.6 Å². The van der Waals surface area contributed by atoms with E-state index in [0.717, 1.165) is 25.5 Å². The third-order valence-electron chi connectivity index (χ3n) is 4.16. The van der Waals surface area contributed by atoms with Gasteiger partial charge in [0.1, 0.15) is 0 Å². The Morgan fingerprint density at radius 3 is 2.77 bits per heavy atom. The molecule has 1 aliphatic heterocycles. The fourth-order valence-corrected chi connectivity index (χ4v) is 3.45. The Kier molecular flexibility index (Phi) is 8.71. The van der Waals surface area contributed by atoms with Crippen molar-refractivity contribution in [3.05, 3.63) is 22.4 Å². The number of nitrogens with zero attached hydrogens (tertiary/aromatic N) is 2. The van der Waals surface area contributed by atoms with Gasteiger partial charge in [-0.05, 0) is 37.6 Å². The highest BCUT2D eigenvalue weighted by atomic mass is 127. The first-order valence-electron chi connectivity index (χ1n) is 7.83. The van der Waals surface area contributed by atoms with Gasteiger partial charge in [0.05, 0.1) is 0 Å². The molecule has 126 valence electrons. The van der Waals surface area contributed by atoms with Crippen LogP contribution in [-0.2, 0) is 6.42 Å². The summed E-state index contributed by atoms with van der Waals surface area (Å²) in [7, 11) is 1.85. The zero-order valence-electron chi connectivity index (χ0n) is 14.0. The molecule has 1 aromatic rings. The van der Waals surface area contributed by atoms with Gasteiger partial charge in [0.2, 0.25) is 0 Å². The van der Waals surface area contributed by atoms with Crippen molar-refractivity contribution in [1.82, 2.24) is 15.5 Å². The average Bonchev–Trinajstić information content (AvgIpc) is 3.08. The second kappa shape index (κ2) is 9.72. The molecular weight excluding hydrogens is 407 g/mol. The molecule has 2 rings (SSSR count). The van der Waals surface area contributed by atoms with E-state index in [4.69, 9.17) is 0 Å². The third kappa shape index (κ3) is 5.70. The fraction of sp³-hybridized carbons (Fsp3) is 0.688. The molecule has 2 heterocycles. The van der Waals surface area contributed by atoms with Crippen LogP contribution in [0.5, 0.6) is 0 Å². The molecule has 1 fully saturated rings. The maximum absolute atomic E-state index is 4.35. The maximum Gasteiger partial charge on any atom is 0.191 e. The molecule has 0 radical (unpaired) electrons. The van der Waals surface area contributed by atoms with E-state index >= 15 is 0 Å². The average molecular weight is 436 g/mol. The molecule has 1 aromatic heterocycles. The van der Waals surface area contributed by atoms with E-state index in [-0.39, 0.29) is 24.0 Å². The van der Waals surface area contributed by atoms with Gasteiger partial charge in [-0.3, -0.25) is 9.89 Å². The lowest BCUT2D eigenvalue weighted by Gasteiger charge is -2.21. The summed E-state index contributed by atoms with van der Waals surface area (Å²) in [5.74, 6) is 1.58. The van der Waals surface area contributed by atoms with E-state index < -0.39 is 0 Å². The Morgan fingerprint density at radius 2 is 2.23 bits per heavy atom. The van der Waals surface area contributed by atoms with Crippen LogP contribution in [-0.4, -0.2) is 49.6 Å². The van der Waals surface area contributed by atoms with Crippen LogP contribution >= 0.6 is 35.3 Å². The van der Waals surface area contributed by atoms with Gasteiger partial charge >= 0.3 is 0 Å². The number of guanidine groups is 1. The number of halogens is 1. The summed E-state index contributed by atoms with van der Waals surface area (Å²) in [4.78, 5) is 8.30. The topological polar surface area (TPSA) is 39.7 Å². The molecule has 1 saturated heterocycles. The van der Waals surface area contributed by atoms with Crippen molar-refractivity contribution >= 4 is 41.3 Å². The summed E-state index contributed by atoms with van der Waals surface area (Å²) in [5.41, 5.74) is 0. The predicted molar refractivity (Wildman–Crippen MR) is 108 cm³/mol. The maximum atomic E-state index is 4.35. The highest BCUT2D eigenvalue weighted by molar-refractivity contribution is 14.0. The number of rotatable bonds is 5. The lowest BCUT2D eigenvalue weighted by Crippen LogP contribution is -2.47. The first-order valence-corrected chi connectivity index (χ1v) is 8.71. The third-order valence-corrected chi connectivity index (χ3v) is 5.10. The molecule has 0 bridgehead atoms. The first-order chi connectivity index (χ1) is 10.1. The summed E-state index contributed by atoms with van der Waals surface area (Å²) < 4.78 is 0. The molecule has 2 atom stereocenters. The Balaban J connectivity index is 0.00000242. The minimum atomic E-state index is 0. The molecule has 4 nitrogen and oxygen atoms in total. The van der Waals surface area contributed by atoms with E-state index in [1.54, 1.807) is 0 Å². The molecule has 0 spiro atoms. The molecule has 2 N–H and O–H groups in total. The highest BCUT2D eigenvalue weighted by Crippen LogP contribution is 2.18. The molecule has 0 aliphatic carbocycles. The van der Waals surface area contributed by atoms with Gasteiger partial charge in [0.15, 0.2) is 5.96 Å². The highest BCUT2D eigenvalue weighted by Gasteiger charge is 2.31. The van der Waals surface area contributed by atoms with Gasteiger partial charge in [0, 0.05) is 43.6 Å². The van der Waals surface area contributed by atoms with E-state index in [2.05, 4.69) is 58.8 Å². The zero-order chi connectivity index (χ0) is 15.2. The molecule has 0 saturated carbocycles. The SMILES string of the molecule is CN=C(NCCc1cccs1)NC1CN(C(C)C)CC1C.I. The van der Waals surface area contributed by atoms with Gasteiger partial charge in [-0.15, -0.1) is 35.3 Å². The van der Waals surface area contributed by atoms with Crippen molar-refractivity contribution < 1.29 is 0 Å². The number of likely N-dealkylation sites (tertiary alicyclic amines) is 1. The van der Waals surface area contributed by atoms with Gasteiger partial charge in [-0.25, -0.2) is 0 Å².